The number of benzene rings is 1. The average molecular weight is 299 g/mol. The Labute approximate surface area is 130 Å². The molecule has 116 valence electrons. The second-order valence-electron chi connectivity index (χ2n) is 5.54. The highest BCUT2D eigenvalue weighted by Crippen LogP contribution is 2.34. The van der Waals surface area contributed by atoms with Gasteiger partial charge in [0, 0.05) is 24.9 Å². The summed E-state index contributed by atoms with van der Waals surface area (Å²) in [6.45, 7) is 3.92. The molecule has 1 fully saturated rings. The molecule has 5 nitrogen and oxygen atoms in total. The summed E-state index contributed by atoms with van der Waals surface area (Å²) in [5.41, 5.74) is 2.18. The van der Waals surface area contributed by atoms with E-state index in [9.17, 15) is 4.79 Å². The van der Waals surface area contributed by atoms with Crippen molar-refractivity contribution >= 4 is 5.91 Å². The maximum absolute atomic E-state index is 12.1. The van der Waals surface area contributed by atoms with Crippen LogP contribution in [0.25, 0.3) is 0 Å². The molecule has 0 aliphatic carbocycles. The number of nitrogens with zero attached hydrogens (tertiary/aromatic N) is 2. The number of nitrogens with one attached hydrogen (secondary N) is 1. The van der Waals surface area contributed by atoms with E-state index >= 15 is 0 Å². The molecule has 0 saturated carbocycles. The van der Waals surface area contributed by atoms with Crippen LogP contribution in [-0.4, -0.2) is 28.8 Å². The highest BCUT2D eigenvalue weighted by Gasteiger charge is 2.35. The first-order valence-corrected chi connectivity index (χ1v) is 7.73. The summed E-state index contributed by atoms with van der Waals surface area (Å²) in [6.07, 6.45) is 4.37. The van der Waals surface area contributed by atoms with E-state index in [1.165, 1.54) is 5.56 Å². The topological polar surface area (TPSA) is 56.1 Å². The summed E-state index contributed by atoms with van der Waals surface area (Å²) < 4.78 is 7.66. The molecule has 1 aromatic heterocycles. The van der Waals surface area contributed by atoms with Crippen LogP contribution in [0.1, 0.15) is 30.6 Å². The first-order valence-electron chi connectivity index (χ1n) is 7.73. The molecule has 0 bridgehead atoms. The number of ether oxygens (including phenoxy) is 1. The summed E-state index contributed by atoms with van der Waals surface area (Å²) in [7, 11) is 0. The normalized spacial score (nSPS) is 21.0. The molecule has 0 radical (unpaired) electrons. The van der Waals surface area contributed by atoms with Gasteiger partial charge >= 0.3 is 0 Å². The Balaban J connectivity index is 1.71. The molecule has 1 aliphatic rings. The number of rotatable bonds is 5. The Bertz CT molecular complexity index is 624. The van der Waals surface area contributed by atoms with Crippen molar-refractivity contribution in [1.29, 1.82) is 0 Å². The Morgan fingerprint density at radius 2 is 2.23 bits per heavy atom. The fraction of sp³-hybridized carbons (Fsp3) is 0.412. The van der Waals surface area contributed by atoms with Gasteiger partial charge in [-0.15, -0.1) is 0 Å². The summed E-state index contributed by atoms with van der Waals surface area (Å²) in [4.78, 5) is 12.1. The predicted octanol–water partition coefficient (Wildman–Crippen LogP) is 2.15. The van der Waals surface area contributed by atoms with Crippen molar-refractivity contribution in [3.63, 3.8) is 0 Å². The molecule has 2 aromatic rings. The monoisotopic (exact) mass is 299 g/mol. The van der Waals surface area contributed by atoms with Crippen LogP contribution in [-0.2, 0) is 16.1 Å². The molecule has 0 spiro atoms. The lowest BCUT2D eigenvalue weighted by Crippen LogP contribution is -2.31. The molecular formula is C17H21N3O2. The first-order chi connectivity index (χ1) is 10.8. The maximum Gasteiger partial charge on any atom is 0.226 e. The fourth-order valence-electron chi connectivity index (χ4n) is 2.88. The van der Waals surface area contributed by atoms with Crippen LogP contribution in [0.5, 0.6) is 0 Å². The van der Waals surface area contributed by atoms with Gasteiger partial charge in [-0.2, -0.15) is 5.10 Å². The molecule has 1 N–H and O–H groups in total. The Morgan fingerprint density at radius 1 is 1.41 bits per heavy atom. The summed E-state index contributed by atoms with van der Waals surface area (Å²) in [6, 6.07) is 10.2. The summed E-state index contributed by atoms with van der Waals surface area (Å²) in [5.74, 6) is -0.0462. The lowest BCUT2D eigenvalue weighted by molar-refractivity contribution is -0.126. The molecule has 1 aromatic carbocycles. The minimum Gasteiger partial charge on any atom is -0.373 e. The lowest BCUT2D eigenvalue weighted by Gasteiger charge is -2.16. The van der Waals surface area contributed by atoms with E-state index in [1.54, 1.807) is 0 Å². The molecular weight excluding hydrogens is 278 g/mol. The molecule has 0 unspecified atom stereocenters. The van der Waals surface area contributed by atoms with E-state index in [0.717, 1.165) is 18.5 Å². The predicted molar refractivity (Wildman–Crippen MR) is 83.3 cm³/mol. The van der Waals surface area contributed by atoms with E-state index in [4.69, 9.17) is 4.74 Å². The van der Waals surface area contributed by atoms with Crippen LogP contribution in [0.15, 0.2) is 42.7 Å². The average Bonchev–Trinajstić information content (AvgIpc) is 3.17. The quantitative estimate of drug-likeness (QED) is 0.920. The van der Waals surface area contributed by atoms with Crippen molar-refractivity contribution in [1.82, 2.24) is 15.1 Å². The van der Waals surface area contributed by atoms with Gasteiger partial charge in [0.1, 0.15) is 0 Å². The highest BCUT2D eigenvalue weighted by atomic mass is 16.5. The van der Waals surface area contributed by atoms with Crippen molar-refractivity contribution in [2.45, 2.75) is 26.0 Å². The van der Waals surface area contributed by atoms with E-state index in [-0.39, 0.29) is 17.9 Å². The molecule has 5 heteroatoms. The molecule has 1 aliphatic heterocycles. The van der Waals surface area contributed by atoms with Gasteiger partial charge in [-0.25, -0.2) is 0 Å². The van der Waals surface area contributed by atoms with Crippen molar-refractivity contribution in [3.8, 4) is 0 Å². The van der Waals surface area contributed by atoms with Gasteiger partial charge in [-0.1, -0.05) is 30.3 Å². The second kappa shape index (κ2) is 6.75. The van der Waals surface area contributed by atoms with Crippen LogP contribution in [0.3, 0.4) is 0 Å². The van der Waals surface area contributed by atoms with E-state index in [1.807, 2.05) is 42.2 Å². The number of carbonyl (C=O) groups is 1. The number of carbonyl (C=O) groups excluding carboxylic acids is 1. The third kappa shape index (κ3) is 3.20. The van der Waals surface area contributed by atoms with Gasteiger partial charge in [0.2, 0.25) is 5.91 Å². The number of aromatic nitrogens is 2. The van der Waals surface area contributed by atoms with Crippen molar-refractivity contribution < 1.29 is 9.53 Å². The summed E-state index contributed by atoms with van der Waals surface area (Å²) in [5, 5.41) is 7.29. The zero-order valence-corrected chi connectivity index (χ0v) is 12.7. The van der Waals surface area contributed by atoms with E-state index in [2.05, 4.69) is 22.5 Å². The molecule has 2 heterocycles. The molecule has 3 rings (SSSR count). The Kier molecular flexibility index (Phi) is 4.53. The SMILES string of the molecule is CCNC(=O)[C@H]1CCO[C@@H]1c1cnn(Cc2ccccc2)c1. The lowest BCUT2D eigenvalue weighted by atomic mass is 9.96. The van der Waals surface area contributed by atoms with Gasteiger partial charge in [-0.05, 0) is 18.9 Å². The fourth-order valence-corrected chi connectivity index (χ4v) is 2.88. The van der Waals surface area contributed by atoms with Crippen LogP contribution in [0.2, 0.25) is 0 Å². The van der Waals surface area contributed by atoms with E-state index < -0.39 is 0 Å². The van der Waals surface area contributed by atoms with Gasteiger partial charge in [0.05, 0.1) is 24.8 Å². The third-order valence-corrected chi connectivity index (χ3v) is 3.95. The highest BCUT2D eigenvalue weighted by molar-refractivity contribution is 5.79. The van der Waals surface area contributed by atoms with Gasteiger partial charge in [0.15, 0.2) is 0 Å². The molecule has 1 amide bonds. The first kappa shape index (κ1) is 14.8. The van der Waals surface area contributed by atoms with Gasteiger partial charge in [0.25, 0.3) is 0 Å². The second-order valence-corrected chi connectivity index (χ2v) is 5.54. The van der Waals surface area contributed by atoms with Crippen LogP contribution in [0, 0.1) is 5.92 Å². The van der Waals surface area contributed by atoms with E-state index in [0.29, 0.717) is 13.2 Å². The molecule has 2 atom stereocenters. The summed E-state index contributed by atoms with van der Waals surface area (Å²) >= 11 is 0. The standard InChI is InChI=1S/C17H21N3O2/c1-2-18-17(21)15-8-9-22-16(15)14-10-19-20(12-14)11-13-6-4-3-5-7-13/h3-7,10,12,15-16H,2,8-9,11H2,1H3,(H,18,21)/t15-,16+/m0/s1. The minimum atomic E-state index is -0.184. The van der Waals surface area contributed by atoms with Crippen LogP contribution < -0.4 is 5.32 Å². The zero-order chi connectivity index (χ0) is 15.4. The van der Waals surface area contributed by atoms with Gasteiger partial charge in [-0.3, -0.25) is 9.48 Å². The zero-order valence-electron chi connectivity index (χ0n) is 12.7. The van der Waals surface area contributed by atoms with Crippen LogP contribution >= 0.6 is 0 Å². The van der Waals surface area contributed by atoms with Crippen LogP contribution in [0.4, 0.5) is 0 Å². The van der Waals surface area contributed by atoms with Crippen molar-refractivity contribution in [2.24, 2.45) is 5.92 Å². The Morgan fingerprint density at radius 3 is 3.00 bits per heavy atom. The minimum absolute atomic E-state index is 0.0702. The molecule has 1 saturated heterocycles. The molecule has 22 heavy (non-hydrogen) atoms. The third-order valence-electron chi connectivity index (χ3n) is 3.95. The maximum atomic E-state index is 12.1. The number of amides is 1. The number of hydrogen-bond acceptors (Lipinski definition) is 3. The van der Waals surface area contributed by atoms with Gasteiger partial charge < -0.3 is 10.1 Å². The van der Waals surface area contributed by atoms with Crippen molar-refractivity contribution in [3.05, 3.63) is 53.9 Å². The number of hydrogen-bond donors (Lipinski definition) is 1. The smallest absolute Gasteiger partial charge is 0.226 e. The Hall–Kier alpha value is -2.14. The van der Waals surface area contributed by atoms with Crippen molar-refractivity contribution in [2.75, 3.05) is 13.2 Å². The largest absolute Gasteiger partial charge is 0.373 e.